The van der Waals surface area contributed by atoms with Crippen LogP contribution in [-0.4, -0.2) is 20.7 Å². The van der Waals surface area contributed by atoms with Gasteiger partial charge in [-0.1, -0.05) is 17.7 Å². The van der Waals surface area contributed by atoms with Crippen molar-refractivity contribution < 1.29 is 4.79 Å². The minimum Gasteiger partial charge on any atom is -0.319 e. The number of anilines is 1. The SMILES string of the molecule is Cc1ccc(C)c(C(=O)Nc2cccnc2-n2cccn2)c1. The van der Waals surface area contributed by atoms with Crippen LogP contribution >= 0.6 is 0 Å². The van der Waals surface area contributed by atoms with Gasteiger partial charge in [-0.15, -0.1) is 0 Å². The topological polar surface area (TPSA) is 59.8 Å². The molecule has 22 heavy (non-hydrogen) atoms. The Kier molecular flexibility index (Phi) is 3.70. The Balaban J connectivity index is 1.94. The number of rotatable bonds is 3. The van der Waals surface area contributed by atoms with Gasteiger partial charge >= 0.3 is 0 Å². The third kappa shape index (κ3) is 2.74. The number of carbonyl (C=O) groups excluding carboxylic acids is 1. The van der Waals surface area contributed by atoms with E-state index in [0.29, 0.717) is 17.1 Å². The number of nitrogens with zero attached hydrogens (tertiary/aromatic N) is 3. The molecule has 1 amide bonds. The monoisotopic (exact) mass is 292 g/mol. The van der Waals surface area contributed by atoms with Crippen molar-refractivity contribution in [3.63, 3.8) is 0 Å². The van der Waals surface area contributed by atoms with Crippen molar-refractivity contribution in [1.82, 2.24) is 14.8 Å². The molecule has 0 saturated carbocycles. The second-order valence-corrected chi connectivity index (χ2v) is 5.10. The lowest BCUT2D eigenvalue weighted by molar-refractivity contribution is 0.102. The van der Waals surface area contributed by atoms with Crippen LogP contribution in [0.4, 0.5) is 5.69 Å². The highest BCUT2D eigenvalue weighted by Crippen LogP contribution is 2.19. The maximum Gasteiger partial charge on any atom is 0.256 e. The van der Waals surface area contributed by atoms with Gasteiger partial charge in [-0.25, -0.2) is 9.67 Å². The molecule has 1 aromatic carbocycles. The number of aryl methyl sites for hydroxylation is 2. The van der Waals surface area contributed by atoms with E-state index in [9.17, 15) is 4.79 Å². The number of pyridine rings is 1. The number of hydrogen-bond donors (Lipinski definition) is 1. The number of hydrogen-bond acceptors (Lipinski definition) is 3. The minimum absolute atomic E-state index is 0.150. The van der Waals surface area contributed by atoms with E-state index < -0.39 is 0 Å². The molecule has 3 rings (SSSR count). The molecule has 0 unspecified atom stereocenters. The lowest BCUT2D eigenvalue weighted by atomic mass is 10.1. The zero-order chi connectivity index (χ0) is 15.5. The Morgan fingerprint density at radius 2 is 2.00 bits per heavy atom. The van der Waals surface area contributed by atoms with E-state index in [-0.39, 0.29) is 5.91 Å². The second kappa shape index (κ2) is 5.81. The average Bonchev–Trinajstić information content (AvgIpc) is 3.04. The summed E-state index contributed by atoms with van der Waals surface area (Å²) in [6.07, 6.45) is 5.13. The zero-order valence-corrected chi connectivity index (χ0v) is 12.4. The molecule has 1 N–H and O–H groups in total. The summed E-state index contributed by atoms with van der Waals surface area (Å²) in [5.41, 5.74) is 3.27. The van der Waals surface area contributed by atoms with Gasteiger partial charge in [-0.2, -0.15) is 5.10 Å². The summed E-state index contributed by atoms with van der Waals surface area (Å²) in [5.74, 6) is 0.439. The molecular weight excluding hydrogens is 276 g/mol. The molecule has 0 saturated heterocycles. The van der Waals surface area contributed by atoms with Crippen LogP contribution in [0.5, 0.6) is 0 Å². The Hall–Kier alpha value is -2.95. The first-order valence-corrected chi connectivity index (χ1v) is 6.99. The Bertz CT molecular complexity index is 809. The molecule has 0 fully saturated rings. The molecule has 3 aromatic rings. The predicted molar refractivity (Wildman–Crippen MR) is 85.2 cm³/mol. The highest BCUT2D eigenvalue weighted by Gasteiger charge is 2.13. The summed E-state index contributed by atoms with van der Waals surface area (Å²) in [5, 5.41) is 7.08. The fourth-order valence-corrected chi connectivity index (χ4v) is 2.24. The minimum atomic E-state index is -0.150. The molecule has 0 aliphatic heterocycles. The normalized spacial score (nSPS) is 10.5. The average molecular weight is 292 g/mol. The quantitative estimate of drug-likeness (QED) is 0.806. The van der Waals surface area contributed by atoms with Crippen LogP contribution in [-0.2, 0) is 0 Å². The maximum absolute atomic E-state index is 12.5. The lowest BCUT2D eigenvalue weighted by Crippen LogP contribution is -2.16. The summed E-state index contributed by atoms with van der Waals surface area (Å²) in [7, 11) is 0. The molecule has 0 aliphatic carbocycles. The van der Waals surface area contributed by atoms with Crippen molar-refractivity contribution in [2.24, 2.45) is 0 Å². The smallest absolute Gasteiger partial charge is 0.256 e. The van der Waals surface area contributed by atoms with Gasteiger partial charge in [-0.3, -0.25) is 4.79 Å². The molecule has 2 aromatic heterocycles. The number of benzene rings is 1. The van der Waals surface area contributed by atoms with E-state index >= 15 is 0 Å². The van der Waals surface area contributed by atoms with E-state index in [1.165, 1.54) is 0 Å². The molecule has 5 heteroatoms. The van der Waals surface area contributed by atoms with Crippen molar-refractivity contribution in [3.8, 4) is 5.82 Å². The van der Waals surface area contributed by atoms with Crippen molar-refractivity contribution >= 4 is 11.6 Å². The first-order chi connectivity index (χ1) is 10.6. The molecule has 0 aliphatic rings. The van der Waals surface area contributed by atoms with E-state index in [1.54, 1.807) is 29.3 Å². The molecular formula is C17H16N4O. The van der Waals surface area contributed by atoms with Crippen LogP contribution in [0.3, 0.4) is 0 Å². The highest BCUT2D eigenvalue weighted by molar-refractivity contribution is 6.06. The summed E-state index contributed by atoms with van der Waals surface area (Å²) < 4.78 is 1.62. The predicted octanol–water partition coefficient (Wildman–Crippen LogP) is 3.14. The molecule has 0 bridgehead atoms. The standard InChI is InChI=1S/C17H16N4O/c1-12-6-7-13(2)14(11-12)17(22)20-15-5-3-8-18-16(15)21-10-4-9-19-21/h3-11H,1-2H3,(H,20,22). The van der Waals surface area contributed by atoms with E-state index in [1.807, 2.05) is 44.2 Å². The largest absolute Gasteiger partial charge is 0.319 e. The Labute approximate surface area is 128 Å². The third-order valence-corrected chi connectivity index (χ3v) is 3.39. The molecule has 2 heterocycles. The van der Waals surface area contributed by atoms with Gasteiger partial charge in [0.05, 0.1) is 5.69 Å². The first-order valence-electron chi connectivity index (χ1n) is 6.99. The molecule has 0 spiro atoms. The van der Waals surface area contributed by atoms with Crippen LogP contribution in [0.2, 0.25) is 0 Å². The van der Waals surface area contributed by atoms with Crippen molar-refractivity contribution in [3.05, 3.63) is 71.7 Å². The van der Waals surface area contributed by atoms with Crippen LogP contribution in [0.25, 0.3) is 5.82 Å². The van der Waals surface area contributed by atoms with Gasteiger partial charge < -0.3 is 5.32 Å². The fraction of sp³-hybridized carbons (Fsp3) is 0.118. The summed E-state index contributed by atoms with van der Waals surface area (Å²) in [6, 6.07) is 11.2. The van der Waals surface area contributed by atoms with Crippen molar-refractivity contribution in [2.75, 3.05) is 5.32 Å². The van der Waals surface area contributed by atoms with Gasteiger partial charge in [-0.05, 0) is 43.7 Å². The van der Waals surface area contributed by atoms with Gasteiger partial charge in [0.2, 0.25) is 0 Å². The number of amides is 1. The molecule has 0 atom stereocenters. The number of nitrogens with one attached hydrogen (secondary N) is 1. The summed E-state index contributed by atoms with van der Waals surface area (Å²) in [6.45, 7) is 3.89. The number of carbonyl (C=O) groups is 1. The van der Waals surface area contributed by atoms with Crippen LogP contribution in [0.15, 0.2) is 55.0 Å². The van der Waals surface area contributed by atoms with Crippen LogP contribution in [0.1, 0.15) is 21.5 Å². The van der Waals surface area contributed by atoms with Gasteiger partial charge in [0.15, 0.2) is 5.82 Å². The van der Waals surface area contributed by atoms with Gasteiger partial charge in [0, 0.05) is 24.2 Å². The Morgan fingerprint density at radius 3 is 2.77 bits per heavy atom. The van der Waals surface area contributed by atoms with E-state index in [0.717, 1.165) is 11.1 Å². The Morgan fingerprint density at radius 1 is 1.14 bits per heavy atom. The number of aromatic nitrogens is 3. The third-order valence-electron chi connectivity index (χ3n) is 3.39. The maximum atomic E-state index is 12.5. The second-order valence-electron chi connectivity index (χ2n) is 5.10. The molecule has 0 radical (unpaired) electrons. The van der Waals surface area contributed by atoms with Crippen molar-refractivity contribution in [2.45, 2.75) is 13.8 Å². The molecule has 110 valence electrons. The molecule has 5 nitrogen and oxygen atoms in total. The van der Waals surface area contributed by atoms with Crippen LogP contribution < -0.4 is 5.32 Å². The van der Waals surface area contributed by atoms with E-state index in [2.05, 4.69) is 15.4 Å². The lowest BCUT2D eigenvalue weighted by Gasteiger charge is -2.11. The zero-order valence-electron chi connectivity index (χ0n) is 12.4. The van der Waals surface area contributed by atoms with Gasteiger partial charge in [0.25, 0.3) is 5.91 Å². The first kappa shape index (κ1) is 14.0. The summed E-state index contributed by atoms with van der Waals surface area (Å²) in [4.78, 5) is 16.8. The van der Waals surface area contributed by atoms with Crippen molar-refractivity contribution in [1.29, 1.82) is 0 Å². The highest BCUT2D eigenvalue weighted by atomic mass is 16.1. The van der Waals surface area contributed by atoms with Crippen LogP contribution in [0, 0.1) is 13.8 Å². The summed E-state index contributed by atoms with van der Waals surface area (Å²) >= 11 is 0. The van der Waals surface area contributed by atoms with E-state index in [4.69, 9.17) is 0 Å². The van der Waals surface area contributed by atoms with Gasteiger partial charge in [0.1, 0.15) is 0 Å². The fourth-order valence-electron chi connectivity index (χ4n) is 2.24.